The number of fused-ring (bicyclic) bond motifs is 2. The second-order valence-corrected chi connectivity index (χ2v) is 9.66. The molecule has 0 saturated heterocycles. The number of nitrogens with one attached hydrogen (secondary N) is 1. The summed E-state index contributed by atoms with van der Waals surface area (Å²) < 4.78 is 27.8. The van der Waals surface area contributed by atoms with Crippen LogP contribution in [0.4, 0.5) is 5.69 Å². The molecule has 2 aliphatic carbocycles. The van der Waals surface area contributed by atoms with Gasteiger partial charge in [0.1, 0.15) is 5.78 Å². The molecule has 1 aromatic rings. The Morgan fingerprint density at radius 1 is 1.15 bits per heavy atom. The van der Waals surface area contributed by atoms with E-state index in [0.717, 1.165) is 24.6 Å². The van der Waals surface area contributed by atoms with Gasteiger partial charge in [0.15, 0.2) is 0 Å². The summed E-state index contributed by atoms with van der Waals surface area (Å²) in [7, 11) is -4.01. The van der Waals surface area contributed by atoms with Crippen molar-refractivity contribution in [1.82, 2.24) is 0 Å². The van der Waals surface area contributed by atoms with Crippen molar-refractivity contribution < 1.29 is 33.0 Å². The second kappa shape index (κ2) is 6.05. The molecule has 2 fully saturated rings. The number of rotatable bonds is 6. The third-order valence-electron chi connectivity index (χ3n) is 6.28. The minimum absolute atomic E-state index is 0.0559. The van der Waals surface area contributed by atoms with Crippen LogP contribution < -0.4 is 4.72 Å². The lowest BCUT2D eigenvalue weighted by Crippen LogP contribution is -2.43. The fraction of sp³-hybridized carbons (Fsp3) is 0.500. The van der Waals surface area contributed by atoms with Crippen molar-refractivity contribution in [2.24, 2.45) is 16.7 Å². The first kappa shape index (κ1) is 19.3. The normalized spacial score (nSPS) is 26.1. The smallest absolute Gasteiger partial charge is 0.335 e. The Balaban J connectivity index is 1.93. The lowest BCUT2D eigenvalue weighted by Gasteiger charge is -2.36. The highest BCUT2D eigenvalue weighted by atomic mass is 32.2. The van der Waals surface area contributed by atoms with Crippen molar-refractivity contribution in [3.63, 3.8) is 0 Å². The van der Waals surface area contributed by atoms with E-state index in [1.54, 1.807) is 0 Å². The van der Waals surface area contributed by atoms with Crippen molar-refractivity contribution in [2.75, 3.05) is 10.5 Å². The van der Waals surface area contributed by atoms with Gasteiger partial charge in [-0.1, -0.05) is 13.8 Å². The van der Waals surface area contributed by atoms with Crippen molar-refractivity contribution in [2.45, 2.75) is 33.1 Å². The average molecular weight is 395 g/mol. The molecule has 0 amide bonds. The van der Waals surface area contributed by atoms with Crippen LogP contribution in [0.1, 0.15) is 53.8 Å². The topological polar surface area (TPSA) is 138 Å². The molecule has 2 bridgehead atoms. The van der Waals surface area contributed by atoms with Gasteiger partial charge in [-0.25, -0.2) is 18.0 Å². The van der Waals surface area contributed by atoms with E-state index in [1.165, 1.54) is 0 Å². The summed E-state index contributed by atoms with van der Waals surface area (Å²) in [5.74, 6) is -3.04. The quantitative estimate of drug-likeness (QED) is 0.671. The molecule has 0 radical (unpaired) electrons. The van der Waals surface area contributed by atoms with Crippen molar-refractivity contribution in [3.05, 3.63) is 29.3 Å². The number of anilines is 1. The zero-order valence-corrected chi connectivity index (χ0v) is 15.8. The van der Waals surface area contributed by atoms with E-state index in [9.17, 15) is 22.8 Å². The third-order valence-corrected chi connectivity index (χ3v) is 7.70. The molecule has 0 spiro atoms. The SMILES string of the molecule is CC1(C)[C@@H]2CC[C@@]1(CS(=O)(=O)Nc1cc(C(=O)O)cc(C(=O)O)c1)C(=O)C2. The summed E-state index contributed by atoms with van der Waals surface area (Å²) in [5.41, 5.74) is -2.24. The molecule has 3 N–H and O–H groups in total. The van der Waals surface area contributed by atoms with Gasteiger partial charge in [0, 0.05) is 6.42 Å². The fourth-order valence-corrected chi connectivity index (χ4v) is 6.46. The van der Waals surface area contributed by atoms with E-state index in [0.29, 0.717) is 12.8 Å². The van der Waals surface area contributed by atoms with Gasteiger partial charge in [-0.2, -0.15) is 0 Å². The number of carboxylic acids is 2. The minimum Gasteiger partial charge on any atom is -0.478 e. The number of carboxylic acid groups (broad SMARTS) is 2. The van der Waals surface area contributed by atoms with Crippen molar-refractivity contribution in [1.29, 1.82) is 0 Å². The van der Waals surface area contributed by atoms with E-state index in [2.05, 4.69) is 4.72 Å². The standard InChI is InChI=1S/C18H21NO7S/c1-17(2)12-3-4-18(17,14(20)8-12)9-27(25,26)19-13-6-10(15(21)22)5-11(7-13)16(23)24/h5-7,12,19H,3-4,8-9H2,1-2H3,(H,21,22)(H,23,24)/t12-,18-/m1/s1. The van der Waals surface area contributed by atoms with E-state index in [4.69, 9.17) is 10.2 Å². The highest BCUT2D eigenvalue weighted by molar-refractivity contribution is 7.92. The van der Waals surface area contributed by atoms with Gasteiger partial charge in [-0.3, -0.25) is 9.52 Å². The van der Waals surface area contributed by atoms with Crippen molar-refractivity contribution in [3.8, 4) is 0 Å². The van der Waals surface area contributed by atoms with E-state index < -0.39 is 38.5 Å². The molecule has 2 aliphatic rings. The van der Waals surface area contributed by atoms with Crippen LogP contribution in [-0.4, -0.2) is 42.1 Å². The van der Waals surface area contributed by atoms with Crippen LogP contribution in [0.15, 0.2) is 18.2 Å². The minimum atomic E-state index is -4.01. The molecule has 3 rings (SSSR count). The van der Waals surface area contributed by atoms with Crippen LogP contribution in [0.3, 0.4) is 0 Å². The number of hydrogen-bond acceptors (Lipinski definition) is 5. The Kier molecular flexibility index (Phi) is 4.33. The first-order valence-corrected chi connectivity index (χ1v) is 10.2. The first-order valence-electron chi connectivity index (χ1n) is 8.53. The molecule has 2 atom stereocenters. The van der Waals surface area contributed by atoms with Gasteiger partial charge in [0.25, 0.3) is 0 Å². The monoisotopic (exact) mass is 395 g/mol. The Hall–Kier alpha value is -2.42. The van der Waals surface area contributed by atoms with E-state index in [1.807, 2.05) is 13.8 Å². The van der Waals surface area contributed by atoms with Crippen LogP contribution in [-0.2, 0) is 14.8 Å². The van der Waals surface area contributed by atoms with E-state index >= 15 is 0 Å². The number of carbonyl (C=O) groups excluding carboxylic acids is 1. The molecule has 1 aromatic carbocycles. The number of ketones is 1. The molecule has 2 saturated carbocycles. The zero-order chi connectivity index (χ0) is 20.2. The van der Waals surface area contributed by atoms with Gasteiger partial charge in [0.2, 0.25) is 10.0 Å². The molecule has 0 aliphatic heterocycles. The number of Topliss-reactive ketones (excluding diaryl/α,β-unsaturated/α-hetero) is 1. The predicted octanol–water partition coefficient (Wildman–Crippen LogP) is 2.22. The molecular formula is C18H21NO7S. The van der Waals surface area contributed by atoms with E-state index in [-0.39, 0.29) is 28.5 Å². The molecule has 0 unspecified atom stereocenters. The Morgan fingerprint density at radius 3 is 2.11 bits per heavy atom. The molecule has 8 nitrogen and oxygen atoms in total. The third kappa shape index (κ3) is 3.09. The summed E-state index contributed by atoms with van der Waals surface area (Å²) in [6, 6.07) is 3.07. The number of benzene rings is 1. The van der Waals surface area contributed by atoms with Crippen LogP contribution in [0.5, 0.6) is 0 Å². The number of aromatic carboxylic acids is 2. The highest BCUT2D eigenvalue weighted by Crippen LogP contribution is 2.64. The van der Waals surface area contributed by atoms with Gasteiger partial charge in [-0.15, -0.1) is 0 Å². The maximum atomic E-state index is 12.8. The lowest BCUT2D eigenvalue weighted by molar-refractivity contribution is -0.128. The summed E-state index contributed by atoms with van der Waals surface area (Å²) in [6.07, 6.45) is 1.67. The Morgan fingerprint density at radius 2 is 1.70 bits per heavy atom. The number of carbonyl (C=O) groups is 3. The summed E-state index contributed by atoms with van der Waals surface area (Å²) >= 11 is 0. The lowest BCUT2D eigenvalue weighted by atomic mass is 9.70. The van der Waals surface area contributed by atoms with Crippen LogP contribution in [0.25, 0.3) is 0 Å². The van der Waals surface area contributed by atoms with Gasteiger partial charge in [0.05, 0.1) is 28.0 Å². The molecule has 0 aromatic heterocycles. The maximum Gasteiger partial charge on any atom is 0.335 e. The largest absolute Gasteiger partial charge is 0.478 e. The fourth-order valence-electron chi connectivity index (χ4n) is 4.58. The average Bonchev–Trinajstić information content (AvgIpc) is 2.87. The van der Waals surface area contributed by atoms with Gasteiger partial charge in [-0.05, 0) is 42.4 Å². The summed E-state index contributed by atoms with van der Waals surface area (Å²) in [4.78, 5) is 34.9. The zero-order valence-electron chi connectivity index (χ0n) is 15.0. The van der Waals surface area contributed by atoms with Crippen LogP contribution in [0.2, 0.25) is 0 Å². The van der Waals surface area contributed by atoms with Gasteiger partial charge >= 0.3 is 11.9 Å². The Bertz CT molecular complexity index is 918. The highest BCUT2D eigenvalue weighted by Gasteiger charge is 2.65. The molecule has 146 valence electrons. The van der Waals surface area contributed by atoms with Crippen LogP contribution in [0, 0.1) is 16.7 Å². The predicted molar refractivity (Wildman–Crippen MR) is 96.3 cm³/mol. The number of hydrogen-bond donors (Lipinski definition) is 3. The first-order chi connectivity index (χ1) is 12.4. The summed E-state index contributed by atoms with van der Waals surface area (Å²) in [6.45, 7) is 3.83. The maximum absolute atomic E-state index is 12.8. The van der Waals surface area contributed by atoms with Crippen LogP contribution >= 0.6 is 0 Å². The second-order valence-electron chi connectivity index (χ2n) is 7.94. The van der Waals surface area contributed by atoms with Crippen molar-refractivity contribution >= 4 is 33.4 Å². The molecule has 27 heavy (non-hydrogen) atoms. The molecular weight excluding hydrogens is 374 g/mol. The molecule has 9 heteroatoms. The van der Waals surface area contributed by atoms with Gasteiger partial charge < -0.3 is 10.2 Å². The summed E-state index contributed by atoms with van der Waals surface area (Å²) in [5, 5.41) is 18.2. The number of sulfonamides is 1. The molecule has 0 heterocycles. The Labute approximate surface area is 156 Å².